The SMILES string of the molecule is CCCC[c-]1cccc1.C[c-]1cccc1.[Hf]. The second-order valence-corrected chi connectivity index (χ2v) is 3.86. The van der Waals surface area contributed by atoms with Gasteiger partial charge in [0, 0.05) is 25.8 Å². The Morgan fingerprint density at radius 3 is 1.75 bits per heavy atom. The molecule has 0 heterocycles. The van der Waals surface area contributed by atoms with Crippen LogP contribution in [0.1, 0.15) is 30.9 Å². The Kier molecular flexibility index (Phi) is 9.51. The first-order valence-electron chi connectivity index (χ1n) is 5.72. The topological polar surface area (TPSA) is 0 Å². The van der Waals surface area contributed by atoms with Gasteiger partial charge in [0.1, 0.15) is 0 Å². The largest absolute Gasteiger partial charge is 0.213 e. The second-order valence-electron chi connectivity index (χ2n) is 3.86. The molecule has 86 valence electrons. The molecular weight excluding hydrogens is 359 g/mol. The van der Waals surface area contributed by atoms with E-state index in [4.69, 9.17) is 0 Å². The Labute approximate surface area is 118 Å². The van der Waals surface area contributed by atoms with Crippen LogP contribution in [-0.4, -0.2) is 0 Å². The number of rotatable bonds is 3. The Hall–Kier alpha value is -0.430. The molecule has 0 amide bonds. The quantitative estimate of drug-likeness (QED) is 0.546. The average Bonchev–Trinajstić information content (AvgIpc) is 2.88. The maximum absolute atomic E-state index is 2.23. The molecule has 2 aromatic rings. The normalized spacial score (nSPS) is 8.88. The van der Waals surface area contributed by atoms with Crippen molar-refractivity contribution in [2.24, 2.45) is 0 Å². The van der Waals surface area contributed by atoms with Crippen LogP contribution in [0.5, 0.6) is 0 Å². The molecule has 0 fully saturated rings. The Morgan fingerprint density at radius 2 is 1.38 bits per heavy atom. The molecule has 0 atom stereocenters. The van der Waals surface area contributed by atoms with Gasteiger partial charge in [-0.05, 0) is 0 Å². The van der Waals surface area contributed by atoms with Gasteiger partial charge in [0.25, 0.3) is 0 Å². The van der Waals surface area contributed by atoms with E-state index < -0.39 is 0 Å². The molecule has 0 saturated heterocycles. The molecule has 0 nitrogen and oxygen atoms in total. The van der Waals surface area contributed by atoms with Crippen molar-refractivity contribution in [2.45, 2.75) is 33.1 Å². The zero-order valence-corrected chi connectivity index (χ0v) is 13.8. The van der Waals surface area contributed by atoms with Crippen LogP contribution >= 0.6 is 0 Å². The third-order valence-electron chi connectivity index (χ3n) is 2.38. The Morgan fingerprint density at radius 1 is 0.875 bits per heavy atom. The van der Waals surface area contributed by atoms with Crippen molar-refractivity contribution in [3.05, 3.63) is 59.7 Å². The van der Waals surface area contributed by atoms with Gasteiger partial charge in [-0.15, -0.1) is 0 Å². The molecule has 0 bridgehead atoms. The molecule has 16 heavy (non-hydrogen) atoms. The summed E-state index contributed by atoms with van der Waals surface area (Å²) in [6, 6.07) is 16.8. The number of aryl methyl sites for hydroxylation is 2. The van der Waals surface area contributed by atoms with Crippen LogP contribution in [0.4, 0.5) is 0 Å². The van der Waals surface area contributed by atoms with Crippen LogP contribution in [0, 0.1) is 6.92 Å². The molecular formula is C15H20Hf-2. The zero-order chi connectivity index (χ0) is 10.9. The van der Waals surface area contributed by atoms with Crippen molar-refractivity contribution in [1.29, 1.82) is 0 Å². The first-order chi connectivity index (χ1) is 7.33. The summed E-state index contributed by atoms with van der Waals surface area (Å²) in [5.41, 5.74) is 2.83. The maximum atomic E-state index is 2.23. The van der Waals surface area contributed by atoms with E-state index >= 15 is 0 Å². The van der Waals surface area contributed by atoms with Crippen molar-refractivity contribution in [3.8, 4) is 0 Å². The van der Waals surface area contributed by atoms with E-state index in [1.807, 2.05) is 12.1 Å². The molecule has 0 saturated carbocycles. The summed E-state index contributed by atoms with van der Waals surface area (Å²) in [7, 11) is 0. The summed E-state index contributed by atoms with van der Waals surface area (Å²) in [4.78, 5) is 0. The second kappa shape index (κ2) is 9.77. The molecule has 1 heteroatoms. The minimum atomic E-state index is 0. The molecule has 0 radical (unpaired) electrons. The predicted octanol–water partition coefficient (Wildman–Crippen LogP) is 4.46. The van der Waals surface area contributed by atoms with Crippen LogP contribution in [0.25, 0.3) is 0 Å². The minimum absolute atomic E-state index is 0. The van der Waals surface area contributed by atoms with Gasteiger partial charge in [0.05, 0.1) is 0 Å². The van der Waals surface area contributed by atoms with Gasteiger partial charge in [0.15, 0.2) is 0 Å². The van der Waals surface area contributed by atoms with Crippen LogP contribution in [0.3, 0.4) is 0 Å². The van der Waals surface area contributed by atoms with Gasteiger partial charge in [-0.3, -0.25) is 0 Å². The first kappa shape index (κ1) is 15.6. The zero-order valence-electron chi connectivity index (χ0n) is 10.2. The standard InChI is InChI=1S/C9H13.C6H7.Hf/c1-2-3-6-9-7-4-5-8-9;1-6-4-2-3-5-6;/h4-5,7-8H,2-3,6H2,1H3;2-5H,1H3;/q2*-1;. The fourth-order valence-corrected chi connectivity index (χ4v) is 1.43. The fraction of sp³-hybridized carbons (Fsp3) is 0.333. The summed E-state index contributed by atoms with van der Waals surface area (Å²) >= 11 is 0. The Balaban J connectivity index is 0.000000283. The van der Waals surface area contributed by atoms with Crippen LogP contribution in [0.2, 0.25) is 0 Å². The summed E-state index contributed by atoms with van der Waals surface area (Å²) in [6.45, 7) is 4.31. The molecule has 0 aliphatic heterocycles. The molecule has 0 unspecified atom stereocenters. The fourth-order valence-electron chi connectivity index (χ4n) is 1.43. The van der Waals surface area contributed by atoms with Crippen molar-refractivity contribution >= 4 is 0 Å². The maximum Gasteiger partial charge on any atom is 0 e. The van der Waals surface area contributed by atoms with Crippen LogP contribution in [0.15, 0.2) is 48.5 Å². The average molecular weight is 379 g/mol. The van der Waals surface area contributed by atoms with Gasteiger partial charge in [0.2, 0.25) is 0 Å². The van der Waals surface area contributed by atoms with E-state index in [1.165, 1.54) is 30.4 Å². The van der Waals surface area contributed by atoms with E-state index in [0.29, 0.717) is 0 Å². The minimum Gasteiger partial charge on any atom is -0.213 e. The third-order valence-corrected chi connectivity index (χ3v) is 2.38. The van der Waals surface area contributed by atoms with E-state index in [-0.39, 0.29) is 25.8 Å². The van der Waals surface area contributed by atoms with Crippen molar-refractivity contribution in [3.63, 3.8) is 0 Å². The molecule has 0 aliphatic carbocycles. The van der Waals surface area contributed by atoms with Gasteiger partial charge < -0.3 is 0 Å². The molecule has 2 rings (SSSR count). The smallest absolute Gasteiger partial charge is 0 e. The predicted molar refractivity (Wildman–Crippen MR) is 67.4 cm³/mol. The van der Waals surface area contributed by atoms with E-state index in [9.17, 15) is 0 Å². The van der Waals surface area contributed by atoms with E-state index in [2.05, 4.69) is 50.2 Å². The van der Waals surface area contributed by atoms with Gasteiger partial charge in [-0.1, -0.05) is 33.1 Å². The van der Waals surface area contributed by atoms with Crippen molar-refractivity contribution in [2.75, 3.05) is 0 Å². The van der Waals surface area contributed by atoms with Gasteiger partial charge in [-0.2, -0.15) is 35.4 Å². The number of unbranched alkanes of at least 4 members (excludes halogenated alkanes) is 1. The molecule has 0 aromatic heterocycles. The molecule has 0 N–H and O–H groups in total. The van der Waals surface area contributed by atoms with Crippen LogP contribution in [-0.2, 0) is 32.3 Å². The summed E-state index contributed by atoms with van der Waals surface area (Å²) in [6.07, 6.45) is 3.87. The molecule has 0 spiro atoms. The molecule has 2 aromatic carbocycles. The van der Waals surface area contributed by atoms with Gasteiger partial charge >= 0.3 is 0 Å². The van der Waals surface area contributed by atoms with E-state index in [0.717, 1.165) is 0 Å². The monoisotopic (exact) mass is 380 g/mol. The number of hydrogen-bond donors (Lipinski definition) is 0. The summed E-state index contributed by atoms with van der Waals surface area (Å²) in [5.74, 6) is 0. The number of hydrogen-bond acceptors (Lipinski definition) is 0. The summed E-state index contributed by atoms with van der Waals surface area (Å²) < 4.78 is 0. The third kappa shape index (κ3) is 6.95. The first-order valence-corrected chi connectivity index (χ1v) is 5.72. The van der Waals surface area contributed by atoms with Gasteiger partial charge in [-0.25, -0.2) is 24.3 Å². The summed E-state index contributed by atoms with van der Waals surface area (Å²) in [5, 5.41) is 0. The van der Waals surface area contributed by atoms with Crippen molar-refractivity contribution in [1.82, 2.24) is 0 Å². The Bertz CT molecular complexity index is 316. The molecule has 0 aliphatic rings. The van der Waals surface area contributed by atoms with Crippen molar-refractivity contribution < 1.29 is 25.8 Å². The van der Waals surface area contributed by atoms with Crippen LogP contribution < -0.4 is 0 Å². The van der Waals surface area contributed by atoms with E-state index in [1.54, 1.807) is 0 Å².